The Bertz CT molecular complexity index is 422. The second-order valence-corrected chi connectivity index (χ2v) is 3.85. The van der Waals surface area contributed by atoms with Gasteiger partial charge in [0, 0.05) is 0 Å². The molecule has 0 N–H and O–H groups in total. The maximum Gasteiger partial charge on any atom is 0.237 e. The topological polar surface area (TPSA) is 35.0 Å². The lowest BCUT2D eigenvalue weighted by Gasteiger charge is -2.05. The van der Waals surface area contributed by atoms with Crippen LogP contribution in [0.3, 0.4) is 0 Å². The van der Waals surface area contributed by atoms with Crippen LogP contribution in [0.4, 0.5) is 0 Å². The highest BCUT2D eigenvalue weighted by atomic mass is 35.5. The number of nitrogens with zero attached hydrogens (tertiary/aromatic N) is 2. The SMILES string of the molecule is CCc1ccc(Oc2cnc(CCl)cn2)cc1. The summed E-state index contributed by atoms with van der Waals surface area (Å²) >= 11 is 5.63. The lowest BCUT2D eigenvalue weighted by atomic mass is 10.2. The van der Waals surface area contributed by atoms with Crippen LogP contribution in [-0.2, 0) is 12.3 Å². The molecular formula is C13H13ClN2O. The first kappa shape index (κ1) is 11.9. The first-order valence-corrected chi connectivity index (χ1v) is 5.99. The molecule has 1 aromatic carbocycles. The van der Waals surface area contributed by atoms with Gasteiger partial charge in [-0.3, -0.25) is 4.98 Å². The lowest BCUT2D eigenvalue weighted by Crippen LogP contribution is -1.92. The average Bonchev–Trinajstić information content (AvgIpc) is 2.40. The van der Waals surface area contributed by atoms with E-state index in [9.17, 15) is 0 Å². The third-order valence-electron chi connectivity index (χ3n) is 2.37. The highest BCUT2D eigenvalue weighted by Gasteiger charge is 2.00. The molecule has 0 atom stereocenters. The lowest BCUT2D eigenvalue weighted by molar-refractivity contribution is 0.459. The van der Waals surface area contributed by atoms with Crippen molar-refractivity contribution in [3.63, 3.8) is 0 Å². The number of alkyl halides is 1. The Hall–Kier alpha value is -1.61. The zero-order valence-corrected chi connectivity index (χ0v) is 10.3. The second kappa shape index (κ2) is 5.64. The van der Waals surface area contributed by atoms with Gasteiger partial charge in [0.25, 0.3) is 0 Å². The molecule has 88 valence electrons. The van der Waals surface area contributed by atoms with Crippen LogP contribution in [0.15, 0.2) is 36.7 Å². The normalized spacial score (nSPS) is 10.2. The Balaban J connectivity index is 2.08. The minimum absolute atomic E-state index is 0.360. The summed E-state index contributed by atoms with van der Waals surface area (Å²) in [5.74, 6) is 1.59. The minimum Gasteiger partial charge on any atom is -0.438 e. The van der Waals surface area contributed by atoms with E-state index in [0.717, 1.165) is 17.9 Å². The van der Waals surface area contributed by atoms with Crippen LogP contribution < -0.4 is 4.74 Å². The molecule has 0 bridgehead atoms. The van der Waals surface area contributed by atoms with Crippen LogP contribution >= 0.6 is 11.6 Å². The maximum absolute atomic E-state index is 5.63. The van der Waals surface area contributed by atoms with Crippen LogP contribution in [0.2, 0.25) is 0 Å². The molecule has 3 nitrogen and oxygen atoms in total. The van der Waals surface area contributed by atoms with Crippen molar-refractivity contribution in [3.05, 3.63) is 47.9 Å². The molecule has 2 aromatic rings. The predicted molar refractivity (Wildman–Crippen MR) is 67.5 cm³/mol. The number of ether oxygens (including phenoxy) is 1. The van der Waals surface area contributed by atoms with Crippen LogP contribution in [0.1, 0.15) is 18.2 Å². The number of hydrogen-bond donors (Lipinski definition) is 0. The van der Waals surface area contributed by atoms with E-state index in [4.69, 9.17) is 16.3 Å². The minimum atomic E-state index is 0.360. The first-order chi connectivity index (χ1) is 8.31. The summed E-state index contributed by atoms with van der Waals surface area (Å²) in [6.45, 7) is 2.12. The number of aromatic nitrogens is 2. The molecular weight excluding hydrogens is 236 g/mol. The number of halogens is 1. The first-order valence-electron chi connectivity index (χ1n) is 5.45. The average molecular weight is 249 g/mol. The van der Waals surface area contributed by atoms with Gasteiger partial charge in [-0.2, -0.15) is 0 Å². The van der Waals surface area contributed by atoms with Crippen molar-refractivity contribution in [2.45, 2.75) is 19.2 Å². The fourth-order valence-electron chi connectivity index (χ4n) is 1.38. The molecule has 4 heteroatoms. The monoisotopic (exact) mass is 248 g/mol. The standard InChI is InChI=1S/C13H13ClN2O/c1-2-10-3-5-12(6-4-10)17-13-9-15-11(7-14)8-16-13/h3-6,8-9H,2,7H2,1H3. The van der Waals surface area contributed by atoms with E-state index in [0.29, 0.717) is 11.8 Å². The molecule has 0 aliphatic carbocycles. The van der Waals surface area contributed by atoms with E-state index >= 15 is 0 Å². The van der Waals surface area contributed by atoms with Crippen LogP contribution in [0, 0.1) is 0 Å². The van der Waals surface area contributed by atoms with E-state index in [1.54, 1.807) is 12.4 Å². The van der Waals surface area contributed by atoms with Crippen molar-refractivity contribution in [2.75, 3.05) is 0 Å². The molecule has 0 saturated heterocycles. The molecule has 1 aromatic heterocycles. The summed E-state index contributed by atoms with van der Waals surface area (Å²) in [5, 5.41) is 0. The third kappa shape index (κ3) is 3.17. The van der Waals surface area contributed by atoms with Gasteiger partial charge in [-0.1, -0.05) is 19.1 Å². The van der Waals surface area contributed by atoms with Gasteiger partial charge in [0.1, 0.15) is 5.75 Å². The Morgan fingerprint density at radius 2 is 1.88 bits per heavy atom. The van der Waals surface area contributed by atoms with Crippen molar-refractivity contribution in [3.8, 4) is 11.6 Å². The van der Waals surface area contributed by atoms with Gasteiger partial charge in [-0.15, -0.1) is 11.6 Å². The molecule has 0 saturated carbocycles. The van der Waals surface area contributed by atoms with Crippen molar-refractivity contribution in [1.82, 2.24) is 9.97 Å². The van der Waals surface area contributed by atoms with Gasteiger partial charge in [-0.25, -0.2) is 4.98 Å². The van der Waals surface area contributed by atoms with E-state index in [2.05, 4.69) is 16.9 Å². The molecule has 0 unspecified atom stereocenters. The Kier molecular flexibility index (Phi) is 3.94. The highest BCUT2D eigenvalue weighted by Crippen LogP contribution is 2.19. The number of benzene rings is 1. The van der Waals surface area contributed by atoms with E-state index in [1.807, 2.05) is 24.3 Å². The predicted octanol–water partition coefficient (Wildman–Crippen LogP) is 3.57. The summed E-state index contributed by atoms with van der Waals surface area (Å²) in [7, 11) is 0. The van der Waals surface area contributed by atoms with Crippen molar-refractivity contribution >= 4 is 11.6 Å². The molecule has 17 heavy (non-hydrogen) atoms. The van der Waals surface area contributed by atoms with Gasteiger partial charge >= 0.3 is 0 Å². The molecule has 1 heterocycles. The molecule has 0 spiro atoms. The van der Waals surface area contributed by atoms with Crippen LogP contribution in [0.5, 0.6) is 11.6 Å². The number of rotatable bonds is 4. The van der Waals surface area contributed by atoms with Gasteiger partial charge < -0.3 is 4.74 Å². The molecule has 0 aliphatic heterocycles. The summed E-state index contributed by atoms with van der Waals surface area (Å²) in [4.78, 5) is 8.23. The second-order valence-electron chi connectivity index (χ2n) is 3.58. The number of aryl methyl sites for hydroxylation is 1. The number of hydrogen-bond acceptors (Lipinski definition) is 3. The summed E-state index contributed by atoms with van der Waals surface area (Å²) in [6.07, 6.45) is 4.21. The van der Waals surface area contributed by atoms with E-state index in [1.165, 1.54) is 5.56 Å². The van der Waals surface area contributed by atoms with Gasteiger partial charge in [0.05, 0.1) is 24.0 Å². The Labute approximate surface area is 105 Å². The summed E-state index contributed by atoms with van der Waals surface area (Å²) in [6, 6.07) is 7.93. The van der Waals surface area contributed by atoms with E-state index in [-0.39, 0.29) is 0 Å². The van der Waals surface area contributed by atoms with E-state index < -0.39 is 0 Å². The zero-order valence-electron chi connectivity index (χ0n) is 9.56. The van der Waals surface area contributed by atoms with Crippen molar-refractivity contribution in [2.24, 2.45) is 0 Å². The molecule has 2 rings (SSSR count). The van der Waals surface area contributed by atoms with Gasteiger partial charge in [0.2, 0.25) is 5.88 Å². The highest BCUT2D eigenvalue weighted by molar-refractivity contribution is 6.16. The molecule has 0 amide bonds. The summed E-state index contributed by atoms with van der Waals surface area (Å²) < 4.78 is 5.56. The molecule has 0 radical (unpaired) electrons. The third-order valence-corrected chi connectivity index (χ3v) is 2.65. The Morgan fingerprint density at radius 3 is 2.41 bits per heavy atom. The van der Waals surface area contributed by atoms with Crippen molar-refractivity contribution in [1.29, 1.82) is 0 Å². The van der Waals surface area contributed by atoms with Crippen LogP contribution in [0.25, 0.3) is 0 Å². The zero-order chi connectivity index (χ0) is 12.1. The maximum atomic E-state index is 5.63. The van der Waals surface area contributed by atoms with Gasteiger partial charge in [-0.05, 0) is 24.1 Å². The fourth-order valence-corrected chi connectivity index (χ4v) is 1.52. The fraction of sp³-hybridized carbons (Fsp3) is 0.231. The Morgan fingerprint density at radius 1 is 1.12 bits per heavy atom. The largest absolute Gasteiger partial charge is 0.438 e. The quantitative estimate of drug-likeness (QED) is 0.776. The molecule has 0 aliphatic rings. The smallest absolute Gasteiger partial charge is 0.237 e. The van der Waals surface area contributed by atoms with Gasteiger partial charge in [0.15, 0.2) is 0 Å². The van der Waals surface area contributed by atoms with Crippen molar-refractivity contribution < 1.29 is 4.74 Å². The summed E-state index contributed by atoms with van der Waals surface area (Å²) in [5.41, 5.74) is 2.02. The van der Waals surface area contributed by atoms with Crippen LogP contribution in [-0.4, -0.2) is 9.97 Å². The molecule has 0 fully saturated rings.